The van der Waals surface area contributed by atoms with Gasteiger partial charge in [-0.15, -0.1) is 0 Å². The lowest BCUT2D eigenvalue weighted by molar-refractivity contribution is -0.145. The molecule has 2 saturated heterocycles. The second-order valence-electron chi connectivity index (χ2n) is 21.6. The van der Waals surface area contributed by atoms with Crippen LogP contribution in [0.1, 0.15) is 67.3 Å². The van der Waals surface area contributed by atoms with Gasteiger partial charge in [-0.05, 0) is 54.5 Å². The lowest BCUT2D eigenvalue weighted by atomic mass is 10.0. The van der Waals surface area contributed by atoms with Crippen molar-refractivity contribution >= 4 is 92.9 Å². The zero-order valence-electron chi connectivity index (χ0n) is 47.3. The van der Waals surface area contributed by atoms with Gasteiger partial charge in [-0.1, -0.05) is 66.7 Å². The third-order valence-electron chi connectivity index (χ3n) is 15.4. The van der Waals surface area contributed by atoms with Crippen LogP contribution in [-0.2, 0) is 83.2 Å². The van der Waals surface area contributed by atoms with Crippen molar-refractivity contribution in [3.8, 4) is 0 Å². The number of nitrogens with two attached hydrogens (primary N) is 1. The van der Waals surface area contributed by atoms with Gasteiger partial charge in [-0.2, -0.15) is 0 Å². The van der Waals surface area contributed by atoms with Gasteiger partial charge in [0.05, 0.1) is 31.6 Å². The first kappa shape index (κ1) is 63.6. The van der Waals surface area contributed by atoms with Crippen LogP contribution in [0.25, 0.3) is 21.8 Å². The molecule has 0 saturated carbocycles. The molecule has 3 aromatic heterocycles. The van der Waals surface area contributed by atoms with Gasteiger partial charge < -0.3 is 82.8 Å². The van der Waals surface area contributed by atoms with Gasteiger partial charge >= 0.3 is 23.9 Å². The number of carboxylic acids is 4. The van der Waals surface area contributed by atoms with Gasteiger partial charge in [0.1, 0.15) is 48.3 Å². The molecule has 29 heteroatoms. The van der Waals surface area contributed by atoms with Gasteiger partial charge in [0.25, 0.3) is 0 Å². The Hall–Kier alpha value is -10.5. The Balaban J connectivity index is 1.01. The van der Waals surface area contributed by atoms with E-state index in [9.17, 15) is 78.0 Å². The van der Waals surface area contributed by atoms with Gasteiger partial charge in [0, 0.05) is 84.9 Å². The van der Waals surface area contributed by atoms with Crippen molar-refractivity contribution in [3.63, 3.8) is 0 Å². The number of aliphatic carboxylic acids is 4. The van der Waals surface area contributed by atoms with Crippen LogP contribution < -0.4 is 37.6 Å². The van der Waals surface area contributed by atoms with Crippen LogP contribution in [0.2, 0.25) is 0 Å². The zero-order chi connectivity index (χ0) is 63.2. The molecule has 29 nitrogen and oxygen atoms in total. The molecule has 0 aliphatic carbocycles. The van der Waals surface area contributed by atoms with Crippen molar-refractivity contribution in [3.05, 3.63) is 126 Å². The largest absolute Gasteiger partial charge is 0.481 e. The maximum Gasteiger partial charge on any atom is 0.326 e. The first-order valence-corrected chi connectivity index (χ1v) is 28.3. The molecule has 0 unspecified atom stereocenters. The SMILES string of the molecule is N[C@@H](CC(=O)O)C(=O)N[C@@H](Cc1c[nH]c2ccccc12)C(=O)N1CCC[C@H]1C(=O)N[C@@H](Cc1cnc[nH]1)C(=O)N[C@@H](CC(=O)O)C(=O)N[C@@H](Cc1c[nH]c2ccccc12)C(=O)N1CCC[C@H]1C(=O)N[C@@H](CC(=O)O)C(=O)N[C@@H](Cc1ccccc1)C(=O)O. The summed E-state index contributed by atoms with van der Waals surface area (Å²) in [5, 5.41) is 55.5. The molecule has 8 amide bonds. The highest BCUT2D eigenvalue weighted by Gasteiger charge is 2.43. The standard InChI is InChI=1S/C59H67N13O16/c60-37(24-48(73)74)51(79)68-43(21-32-27-62-38-14-6-4-12-35(32)38)57(85)71-18-8-16-46(71)55(83)66-40(23-34-29-61-30-64-34)52(80)65-41(25-49(75)76)53(81)69-44(22-33-28-63-39-15-7-5-13-36(33)39)58(86)72-19-9-17-47(72)56(84)67-42(26-50(77)78)54(82)70-45(59(87)88)20-31-10-2-1-3-11-31/h1-7,10-15,27-30,37,40-47,62-63H,8-9,16-26,60H2,(H,61,64)(H,65,80)(H,66,83)(H,67,84)(H,68,79)(H,69,81)(H,70,82)(H,73,74)(H,75,76)(H,77,78)(H,87,88)/t37-,40-,41-,42-,43-,44-,45-,46-,47-/m0/s1. The molecule has 5 heterocycles. The van der Waals surface area contributed by atoms with Crippen LogP contribution >= 0.6 is 0 Å². The Morgan fingerprint density at radius 1 is 0.500 bits per heavy atom. The number of imidazole rings is 1. The van der Waals surface area contributed by atoms with Crippen molar-refractivity contribution < 1.29 is 78.0 Å². The zero-order valence-corrected chi connectivity index (χ0v) is 47.3. The van der Waals surface area contributed by atoms with E-state index in [-0.39, 0.29) is 58.0 Å². The third kappa shape index (κ3) is 16.3. The van der Waals surface area contributed by atoms with E-state index in [1.807, 2.05) is 0 Å². The molecule has 9 atom stereocenters. The fourth-order valence-electron chi connectivity index (χ4n) is 11.0. The monoisotopic (exact) mass is 1210 g/mol. The number of amides is 8. The number of para-hydroxylation sites is 2. The van der Waals surface area contributed by atoms with E-state index in [4.69, 9.17) is 5.73 Å². The Bertz CT molecular complexity index is 3570. The Morgan fingerprint density at radius 2 is 0.943 bits per heavy atom. The average molecular weight is 1210 g/mol. The van der Waals surface area contributed by atoms with Crippen LogP contribution in [0.3, 0.4) is 0 Å². The van der Waals surface area contributed by atoms with Crippen molar-refractivity contribution in [2.24, 2.45) is 5.73 Å². The summed E-state index contributed by atoms with van der Waals surface area (Å²) in [4.78, 5) is 178. The second-order valence-corrected chi connectivity index (χ2v) is 21.6. The molecule has 3 aromatic carbocycles. The van der Waals surface area contributed by atoms with E-state index in [2.05, 4.69) is 51.8 Å². The number of carboxylic acid groups (broad SMARTS) is 4. The van der Waals surface area contributed by atoms with Gasteiger partial charge in [-0.25, -0.2) is 9.78 Å². The number of aromatic amines is 3. The van der Waals surface area contributed by atoms with E-state index >= 15 is 0 Å². The van der Waals surface area contributed by atoms with Crippen LogP contribution in [0.15, 0.2) is 104 Å². The van der Waals surface area contributed by atoms with E-state index < -0.39 is 145 Å². The minimum atomic E-state index is -1.94. The lowest BCUT2D eigenvalue weighted by Gasteiger charge is -2.31. The minimum Gasteiger partial charge on any atom is -0.481 e. The summed E-state index contributed by atoms with van der Waals surface area (Å²) in [5.41, 5.74) is 9.22. The lowest BCUT2D eigenvalue weighted by Crippen LogP contribution is -2.61. The predicted octanol–water partition coefficient (Wildman–Crippen LogP) is -0.630. The smallest absolute Gasteiger partial charge is 0.326 e. The molecule has 0 bridgehead atoms. The summed E-state index contributed by atoms with van der Waals surface area (Å²) in [7, 11) is 0. The number of fused-ring (bicyclic) bond motifs is 2. The summed E-state index contributed by atoms with van der Waals surface area (Å²) in [6.45, 7) is -0.0649. The molecule has 2 aliphatic rings. The van der Waals surface area contributed by atoms with E-state index in [1.165, 1.54) is 17.4 Å². The number of nitrogens with zero attached hydrogens (tertiary/aromatic N) is 3. The predicted molar refractivity (Wildman–Crippen MR) is 310 cm³/mol. The highest BCUT2D eigenvalue weighted by Crippen LogP contribution is 2.26. The number of aromatic nitrogens is 4. The first-order chi connectivity index (χ1) is 42.1. The number of rotatable bonds is 29. The Labute approximate surface area is 500 Å². The maximum absolute atomic E-state index is 15.0. The van der Waals surface area contributed by atoms with Gasteiger partial charge in [-0.3, -0.25) is 52.7 Å². The van der Waals surface area contributed by atoms with Gasteiger partial charge in [0.2, 0.25) is 47.3 Å². The van der Waals surface area contributed by atoms with Crippen molar-refractivity contribution in [2.45, 2.75) is 125 Å². The van der Waals surface area contributed by atoms with Crippen LogP contribution in [0.5, 0.6) is 0 Å². The maximum atomic E-state index is 15.0. The molecule has 0 spiro atoms. The summed E-state index contributed by atoms with van der Waals surface area (Å²) in [5.74, 6) is -13.6. The van der Waals surface area contributed by atoms with E-state index in [0.29, 0.717) is 39.7 Å². The van der Waals surface area contributed by atoms with Gasteiger partial charge in [0.15, 0.2) is 0 Å². The molecule has 2 fully saturated rings. The fraction of sp³-hybridized carbons (Fsp3) is 0.373. The third-order valence-corrected chi connectivity index (χ3v) is 15.4. The van der Waals surface area contributed by atoms with Crippen molar-refractivity contribution in [1.29, 1.82) is 0 Å². The van der Waals surface area contributed by atoms with E-state index in [0.717, 1.165) is 15.8 Å². The number of nitrogens with one attached hydrogen (secondary N) is 9. The van der Waals surface area contributed by atoms with Crippen LogP contribution in [0.4, 0.5) is 0 Å². The number of likely N-dealkylation sites (tertiary alicyclic amines) is 2. The van der Waals surface area contributed by atoms with Crippen molar-refractivity contribution in [2.75, 3.05) is 13.1 Å². The molecule has 8 rings (SSSR count). The molecular formula is C59H67N13O16. The summed E-state index contributed by atoms with van der Waals surface area (Å²) in [6, 6.07) is 8.45. The average Bonchev–Trinajstić information content (AvgIpc) is 3.17. The molecule has 15 N–H and O–H groups in total. The fourth-order valence-corrected chi connectivity index (χ4v) is 11.0. The number of hydrogen-bond acceptors (Lipinski definition) is 14. The summed E-state index contributed by atoms with van der Waals surface area (Å²) < 4.78 is 0. The minimum absolute atomic E-state index is 0.00212. The topological polar surface area (TPSA) is 451 Å². The van der Waals surface area contributed by atoms with E-state index in [1.54, 1.807) is 91.3 Å². The van der Waals surface area contributed by atoms with Crippen LogP contribution in [0, 0.1) is 0 Å². The number of hydrogen-bond donors (Lipinski definition) is 14. The molecule has 2 aliphatic heterocycles. The number of carbonyl (C=O) groups excluding carboxylic acids is 8. The Morgan fingerprint density at radius 3 is 1.43 bits per heavy atom. The highest BCUT2D eigenvalue weighted by molar-refractivity contribution is 6.00. The highest BCUT2D eigenvalue weighted by atomic mass is 16.4. The molecule has 0 radical (unpaired) electrons. The van der Waals surface area contributed by atoms with Crippen LogP contribution in [-0.4, -0.2) is 189 Å². The first-order valence-electron chi connectivity index (χ1n) is 28.3. The van der Waals surface area contributed by atoms with Crippen molar-refractivity contribution in [1.82, 2.24) is 61.6 Å². The number of carbonyl (C=O) groups is 12. The molecule has 88 heavy (non-hydrogen) atoms. The Kier molecular flexibility index (Phi) is 21.0. The normalized spacial score (nSPS) is 17.1. The number of H-pyrrole nitrogens is 3. The summed E-state index contributed by atoms with van der Waals surface area (Å²) >= 11 is 0. The number of benzene rings is 3. The molecule has 464 valence electrons. The second kappa shape index (κ2) is 29.1. The quantitative estimate of drug-likeness (QED) is 0.0278. The summed E-state index contributed by atoms with van der Waals surface area (Å²) in [6.07, 6.45) is 2.81. The molecule has 6 aromatic rings. The molecular weight excluding hydrogens is 1150 g/mol.